The Labute approximate surface area is 179 Å². The first-order valence-electron chi connectivity index (χ1n) is 10.4. The molecule has 0 aliphatic carbocycles. The van der Waals surface area contributed by atoms with Gasteiger partial charge >= 0.3 is 0 Å². The molecule has 4 heterocycles. The molecule has 31 heavy (non-hydrogen) atoms. The summed E-state index contributed by atoms with van der Waals surface area (Å²) >= 11 is 0. The lowest BCUT2D eigenvalue weighted by atomic mass is 9.92. The molecule has 1 aliphatic heterocycles. The summed E-state index contributed by atoms with van der Waals surface area (Å²) < 4.78 is 7.80. The van der Waals surface area contributed by atoms with E-state index in [0.717, 1.165) is 51.4 Å². The van der Waals surface area contributed by atoms with Gasteiger partial charge in [0.25, 0.3) is 0 Å². The van der Waals surface area contributed by atoms with Gasteiger partial charge in [0.05, 0.1) is 29.3 Å². The molecule has 0 radical (unpaired) electrons. The molecular formula is C23H24N6O2. The zero-order chi connectivity index (χ0) is 21.7. The van der Waals surface area contributed by atoms with Crippen molar-refractivity contribution >= 4 is 17.1 Å². The number of aromatic nitrogens is 5. The van der Waals surface area contributed by atoms with Crippen LogP contribution in [0.5, 0.6) is 5.75 Å². The van der Waals surface area contributed by atoms with Crippen LogP contribution in [0.2, 0.25) is 0 Å². The van der Waals surface area contributed by atoms with Crippen LogP contribution in [0.1, 0.15) is 35.7 Å². The van der Waals surface area contributed by atoms with Crippen LogP contribution in [0, 0.1) is 13.8 Å². The van der Waals surface area contributed by atoms with Gasteiger partial charge in [0.1, 0.15) is 11.6 Å². The van der Waals surface area contributed by atoms with Crippen LogP contribution in [0.3, 0.4) is 0 Å². The summed E-state index contributed by atoms with van der Waals surface area (Å²) in [5.41, 5.74) is 12.8. The number of aromatic amines is 1. The fourth-order valence-corrected chi connectivity index (χ4v) is 4.42. The summed E-state index contributed by atoms with van der Waals surface area (Å²) in [7, 11) is 1.92. The molecule has 8 nitrogen and oxygen atoms in total. The minimum atomic E-state index is -0.320. The van der Waals surface area contributed by atoms with Gasteiger partial charge in [0.15, 0.2) is 5.65 Å². The van der Waals surface area contributed by atoms with Gasteiger partial charge in [-0.1, -0.05) is 12.1 Å². The number of fused-ring (bicyclic) bond motifs is 2. The molecule has 1 unspecified atom stereocenters. The minimum absolute atomic E-state index is 0.314. The van der Waals surface area contributed by atoms with E-state index in [2.05, 4.69) is 15.1 Å². The Morgan fingerprint density at radius 2 is 2.13 bits per heavy atom. The highest BCUT2D eigenvalue weighted by molar-refractivity contribution is 5.92. The zero-order valence-corrected chi connectivity index (χ0v) is 17.8. The highest BCUT2D eigenvalue weighted by Crippen LogP contribution is 2.38. The van der Waals surface area contributed by atoms with Crippen LogP contribution in [0.15, 0.2) is 30.5 Å². The van der Waals surface area contributed by atoms with Crippen molar-refractivity contribution in [2.24, 2.45) is 12.8 Å². The molecule has 0 saturated carbocycles. The molecule has 0 fully saturated rings. The van der Waals surface area contributed by atoms with E-state index >= 15 is 0 Å². The smallest absolute Gasteiger partial charge is 0.225 e. The number of pyridine rings is 1. The highest BCUT2D eigenvalue weighted by atomic mass is 16.5. The third-order valence-electron chi connectivity index (χ3n) is 6.08. The average molecular weight is 416 g/mol. The van der Waals surface area contributed by atoms with E-state index < -0.39 is 0 Å². The van der Waals surface area contributed by atoms with Gasteiger partial charge in [-0.3, -0.25) is 9.48 Å². The lowest BCUT2D eigenvalue weighted by Crippen LogP contribution is -2.21. The molecule has 158 valence electrons. The third kappa shape index (κ3) is 3.15. The number of benzene rings is 1. The minimum Gasteiger partial charge on any atom is -0.493 e. The summed E-state index contributed by atoms with van der Waals surface area (Å²) in [6, 6.07) is 7.88. The van der Waals surface area contributed by atoms with Crippen LogP contribution in [0.4, 0.5) is 0 Å². The average Bonchev–Trinajstić information content (AvgIpc) is 3.18. The largest absolute Gasteiger partial charge is 0.493 e. The SMILES string of the molecule is Cc1nn(C)c(C)c1-c1nc2nccc(-c3ccc4c(c3)OCCCC4C(N)=O)c2[nH]1. The van der Waals surface area contributed by atoms with Crippen molar-refractivity contribution in [3.63, 3.8) is 0 Å². The van der Waals surface area contributed by atoms with E-state index in [0.29, 0.717) is 24.4 Å². The number of hydrogen-bond donors (Lipinski definition) is 2. The van der Waals surface area contributed by atoms with Crippen molar-refractivity contribution in [1.29, 1.82) is 0 Å². The Balaban J connectivity index is 1.64. The van der Waals surface area contributed by atoms with E-state index in [1.165, 1.54) is 0 Å². The highest BCUT2D eigenvalue weighted by Gasteiger charge is 2.25. The number of nitrogens with two attached hydrogens (primary N) is 1. The maximum atomic E-state index is 11.9. The summed E-state index contributed by atoms with van der Waals surface area (Å²) in [4.78, 5) is 24.6. The number of primary amides is 1. The molecule has 1 aromatic carbocycles. The summed E-state index contributed by atoms with van der Waals surface area (Å²) in [6.45, 7) is 4.57. The monoisotopic (exact) mass is 416 g/mol. The number of ether oxygens (including phenoxy) is 1. The van der Waals surface area contributed by atoms with Crippen LogP contribution in [0.25, 0.3) is 33.7 Å². The fraction of sp³-hybridized carbons (Fsp3) is 0.304. The number of H-pyrrole nitrogens is 1. The van der Waals surface area contributed by atoms with E-state index in [4.69, 9.17) is 15.5 Å². The van der Waals surface area contributed by atoms with Crippen molar-refractivity contribution in [3.8, 4) is 28.3 Å². The molecule has 1 aliphatic rings. The second-order valence-electron chi connectivity index (χ2n) is 8.01. The molecule has 0 bridgehead atoms. The fourth-order valence-electron chi connectivity index (χ4n) is 4.42. The van der Waals surface area contributed by atoms with E-state index in [-0.39, 0.29) is 11.8 Å². The number of rotatable bonds is 3. The second-order valence-corrected chi connectivity index (χ2v) is 8.01. The molecular weight excluding hydrogens is 392 g/mol. The van der Waals surface area contributed by atoms with Gasteiger partial charge in [-0.25, -0.2) is 9.97 Å². The zero-order valence-electron chi connectivity index (χ0n) is 17.8. The van der Waals surface area contributed by atoms with Crippen molar-refractivity contribution in [2.45, 2.75) is 32.6 Å². The number of hydrogen-bond acceptors (Lipinski definition) is 5. The molecule has 0 saturated heterocycles. The Morgan fingerprint density at radius 1 is 1.29 bits per heavy atom. The molecule has 5 rings (SSSR count). The molecule has 1 amide bonds. The maximum absolute atomic E-state index is 11.9. The predicted molar refractivity (Wildman–Crippen MR) is 118 cm³/mol. The van der Waals surface area contributed by atoms with Crippen LogP contribution in [-0.4, -0.2) is 37.2 Å². The van der Waals surface area contributed by atoms with E-state index in [9.17, 15) is 4.79 Å². The molecule has 4 aromatic rings. The Morgan fingerprint density at radius 3 is 2.87 bits per heavy atom. The first-order chi connectivity index (χ1) is 14.9. The lowest BCUT2D eigenvalue weighted by molar-refractivity contribution is -0.119. The summed E-state index contributed by atoms with van der Waals surface area (Å²) in [6.07, 6.45) is 3.25. The quantitative estimate of drug-likeness (QED) is 0.532. The topological polar surface area (TPSA) is 112 Å². The van der Waals surface area contributed by atoms with Gasteiger partial charge < -0.3 is 15.5 Å². The number of imidazole rings is 1. The predicted octanol–water partition coefficient (Wildman–Crippen LogP) is 3.38. The first kappa shape index (κ1) is 19.3. The second kappa shape index (κ2) is 7.23. The molecule has 3 N–H and O–H groups in total. The number of nitrogens with one attached hydrogen (secondary N) is 1. The Bertz CT molecular complexity index is 1320. The molecule has 0 spiro atoms. The molecule has 1 atom stereocenters. The van der Waals surface area contributed by atoms with Crippen LogP contribution < -0.4 is 10.5 Å². The number of carbonyl (C=O) groups is 1. The number of carbonyl (C=O) groups excluding carboxylic acids is 1. The number of aryl methyl sites for hydroxylation is 2. The number of nitrogens with zero attached hydrogens (tertiary/aromatic N) is 4. The van der Waals surface area contributed by atoms with Crippen molar-refractivity contribution < 1.29 is 9.53 Å². The summed E-state index contributed by atoms with van der Waals surface area (Å²) in [5, 5.41) is 4.50. The normalized spacial score (nSPS) is 16.0. The van der Waals surface area contributed by atoms with Crippen molar-refractivity contribution in [1.82, 2.24) is 24.7 Å². The van der Waals surface area contributed by atoms with Gasteiger partial charge in [0.2, 0.25) is 5.91 Å². The van der Waals surface area contributed by atoms with Gasteiger partial charge in [0, 0.05) is 30.1 Å². The first-order valence-corrected chi connectivity index (χ1v) is 10.4. The van der Waals surface area contributed by atoms with E-state index in [1.54, 1.807) is 6.20 Å². The van der Waals surface area contributed by atoms with Crippen LogP contribution >= 0.6 is 0 Å². The molecule has 8 heteroatoms. The summed E-state index contributed by atoms with van der Waals surface area (Å²) in [5.74, 6) is 0.825. The van der Waals surface area contributed by atoms with Gasteiger partial charge in [-0.2, -0.15) is 5.10 Å². The molecule has 3 aromatic heterocycles. The van der Waals surface area contributed by atoms with Crippen molar-refractivity contribution in [3.05, 3.63) is 47.4 Å². The Kier molecular flexibility index (Phi) is 4.50. The van der Waals surface area contributed by atoms with Crippen molar-refractivity contribution in [2.75, 3.05) is 6.61 Å². The lowest BCUT2D eigenvalue weighted by Gasteiger charge is -2.14. The van der Waals surface area contributed by atoms with Gasteiger partial charge in [-0.05, 0) is 44.4 Å². The maximum Gasteiger partial charge on any atom is 0.225 e. The van der Waals surface area contributed by atoms with Crippen LogP contribution in [-0.2, 0) is 11.8 Å². The van der Waals surface area contributed by atoms with E-state index in [1.807, 2.05) is 49.8 Å². The third-order valence-corrected chi connectivity index (χ3v) is 6.08. The van der Waals surface area contributed by atoms with Gasteiger partial charge in [-0.15, -0.1) is 0 Å². The Hall–Kier alpha value is -3.68. The standard InChI is InChI=1S/C23H24N6O2/c1-12-19(13(2)29(3)28-12)22-26-20-15(8-9-25-23(20)27-22)14-6-7-16-17(21(24)30)5-4-10-31-18(16)11-14/h6-9,11,17H,4-5,10H2,1-3H3,(H2,24,30)(H,25,26,27). The number of amides is 1.